The Morgan fingerprint density at radius 2 is 1.96 bits per heavy atom. The van der Waals surface area contributed by atoms with Crippen LogP contribution in [0.1, 0.15) is 26.3 Å². The van der Waals surface area contributed by atoms with Crippen molar-refractivity contribution in [1.29, 1.82) is 0 Å². The summed E-state index contributed by atoms with van der Waals surface area (Å²) in [5, 5.41) is 5.01. The molecule has 0 saturated carbocycles. The highest BCUT2D eigenvalue weighted by molar-refractivity contribution is 7.14. The molecule has 7 heteroatoms. The fraction of sp³-hybridized carbons (Fsp3) is 0.389. The SMILES string of the molecule is CCOCC(=O)O[C@@H](C)C(=O)Nc1nc(-c2ccc(CC)cc2)cs1. The summed E-state index contributed by atoms with van der Waals surface area (Å²) in [4.78, 5) is 28.0. The summed E-state index contributed by atoms with van der Waals surface area (Å²) in [5.74, 6) is -0.993. The molecule has 0 aliphatic heterocycles. The topological polar surface area (TPSA) is 77.5 Å². The second-order valence-corrected chi connectivity index (χ2v) is 6.20. The van der Waals surface area contributed by atoms with E-state index in [2.05, 4.69) is 29.4 Å². The van der Waals surface area contributed by atoms with Crippen molar-refractivity contribution in [3.8, 4) is 11.3 Å². The molecule has 1 heterocycles. The zero-order chi connectivity index (χ0) is 18.2. The van der Waals surface area contributed by atoms with Crippen LogP contribution < -0.4 is 5.32 Å². The molecule has 6 nitrogen and oxygen atoms in total. The Kier molecular flexibility index (Phi) is 7.09. The summed E-state index contributed by atoms with van der Waals surface area (Å²) < 4.78 is 9.95. The molecule has 1 atom stereocenters. The van der Waals surface area contributed by atoms with Crippen LogP contribution in [0.5, 0.6) is 0 Å². The summed E-state index contributed by atoms with van der Waals surface area (Å²) >= 11 is 1.32. The van der Waals surface area contributed by atoms with Gasteiger partial charge >= 0.3 is 5.97 Å². The van der Waals surface area contributed by atoms with E-state index in [1.807, 2.05) is 17.5 Å². The molecule has 0 radical (unpaired) electrons. The van der Waals surface area contributed by atoms with E-state index < -0.39 is 18.0 Å². The van der Waals surface area contributed by atoms with Crippen molar-refractivity contribution in [2.75, 3.05) is 18.5 Å². The van der Waals surface area contributed by atoms with Crippen LogP contribution in [0.4, 0.5) is 5.13 Å². The third-order valence-corrected chi connectivity index (χ3v) is 4.25. The number of aromatic nitrogens is 1. The zero-order valence-electron chi connectivity index (χ0n) is 14.6. The molecule has 0 saturated heterocycles. The van der Waals surface area contributed by atoms with Crippen LogP contribution in [-0.4, -0.2) is 36.2 Å². The summed E-state index contributed by atoms with van der Waals surface area (Å²) in [6, 6.07) is 8.15. The Morgan fingerprint density at radius 1 is 1.24 bits per heavy atom. The lowest BCUT2D eigenvalue weighted by Crippen LogP contribution is -2.31. The normalized spacial score (nSPS) is 11.8. The Morgan fingerprint density at radius 3 is 2.60 bits per heavy atom. The van der Waals surface area contributed by atoms with Crippen molar-refractivity contribution in [1.82, 2.24) is 4.98 Å². The Hall–Kier alpha value is -2.25. The van der Waals surface area contributed by atoms with Gasteiger partial charge in [-0.05, 0) is 25.8 Å². The molecule has 0 unspecified atom stereocenters. The molecule has 2 aromatic rings. The number of hydrogen-bond acceptors (Lipinski definition) is 6. The average molecular weight is 362 g/mol. The molecular formula is C18H22N2O4S. The van der Waals surface area contributed by atoms with Crippen LogP contribution in [0, 0.1) is 0 Å². The van der Waals surface area contributed by atoms with E-state index >= 15 is 0 Å². The molecule has 0 spiro atoms. The Bertz CT molecular complexity index is 712. The number of esters is 1. The van der Waals surface area contributed by atoms with E-state index in [9.17, 15) is 9.59 Å². The number of nitrogens with zero attached hydrogens (tertiary/aromatic N) is 1. The van der Waals surface area contributed by atoms with Gasteiger partial charge in [-0.25, -0.2) is 9.78 Å². The van der Waals surface area contributed by atoms with Crippen LogP contribution in [0.3, 0.4) is 0 Å². The summed E-state index contributed by atoms with van der Waals surface area (Å²) in [7, 11) is 0. The number of amides is 1. The van der Waals surface area contributed by atoms with Gasteiger partial charge < -0.3 is 9.47 Å². The van der Waals surface area contributed by atoms with Crippen molar-refractivity contribution in [3.05, 3.63) is 35.2 Å². The van der Waals surface area contributed by atoms with Crippen LogP contribution in [0.2, 0.25) is 0 Å². The van der Waals surface area contributed by atoms with Crippen molar-refractivity contribution in [2.24, 2.45) is 0 Å². The molecule has 0 bridgehead atoms. The number of carbonyl (C=O) groups excluding carboxylic acids is 2. The first-order valence-electron chi connectivity index (χ1n) is 8.16. The van der Waals surface area contributed by atoms with Gasteiger partial charge in [-0.3, -0.25) is 10.1 Å². The van der Waals surface area contributed by atoms with Crippen LogP contribution in [0.15, 0.2) is 29.6 Å². The molecular weight excluding hydrogens is 340 g/mol. The predicted octanol–water partition coefficient (Wildman–Crippen LogP) is 3.28. The fourth-order valence-electron chi connectivity index (χ4n) is 2.05. The minimum Gasteiger partial charge on any atom is -0.451 e. The molecule has 1 N–H and O–H groups in total. The molecule has 0 fully saturated rings. The summed E-state index contributed by atoms with van der Waals surface area (Å²) in [5.41, 5.74) is 3.05. The van der Waals surface area contributed by atoms with Gasteiger partial charge in [0, 0.05) is 17.6 Å². The lowest BCUT2D eigenvalue weighted by Gasteiger charge is -2.12. The minimum absolute atomic E-state index is 0.163. The lowest BCUT2D eigenvalue weighted by atomic mass is 10.1. The number of ether oxygens (including phenoxy) is 2. The van der Waals surface area contributed by atoms with Gasteiger partial charge in [0.1, 0.15) is 6.61 Å². The van der Waals surface area contributed by atoms with E-state index in [0.29, 0.717) is 11.7 Å². The van der Waals surface area contributed by atoms with Crippen molar-refractivity contribution in [3.63, 3.8) is 0 Å². The van der Waals surface area contributed by atoms with Crippen LogP contribution >= 0.6 is 11.3 Å². The number of thiazole rings is 1. The van der Waals surface area contributed by atoms with E-state index in [1.54, 1.807) is 6.92 Å². The second kappa shape index (κ2) is 9.29. The monoisotopic (exact) mass is 362 g/mol. The van der Waals surface area contributed by atoms with Crippen LogP contribution in [0.25, 0.3) is 11.3 Å². The first-order valence-corrected chi connectivity index (χ1v) is 9.04. The lowest BCUT2D eigenvalue weighted by molar-refractivity contribution is -0.157. The van der Waals surface area contributed by atoms with Gasteiger partial charge in [0.25, 0.3) is 5.91 Å². The maximum atomic E-state index is 12.1. The molecule has 0 aliphatic rings. The molecule has 1 aromatic heterocycles. The third-order valence-electron chi connectivity index (χ3n) is 3.49. The molecule has 0 aliphatic carbocycles. The predicted molar refractivity (Wildman–Crippen MR) is 97.6 cm³/mol. The third kappa shape index (κ3) is 5.65. The minimum atomic E-state index is -0.913. The van der Waals surface area contributed by atoms with Gasteiger partial charge in [-0.2, -0.15) is 0 Å². The number of aryl methyl sites for hydroxylation is 1. The first-order chi connectivity index (χ1) is 12.0. The molecule has 25 heavy (non-hydrogen) atoms. The first kappa shape index (κ1) is 19.1. The summed E-state index contributed by atoms with van der Waals surface area (Å²) in [6.45, 7) is 5.64. The Labute approximate surface area is 151 Å². The van der Waals surface area contributed by atoms with E-state index in [4.69, 9.17) is 9.47 Å². The van der Waals surface area contributed by atoms with Crippen molar-refractivity contribution < 1.29 is 19.1 Å². The van der Waals surface area contributed by atoms with Gasteiger partial charge in [0.05, 0.1) is 5.69 Å². The van der Waals surface area contributed by atoms with Crippen molar-refractivity contribution in [2.45, 2.75) is 33.3 Å². The van der Waals surface area contributed by atoms with E-state index in [1.165, 1.54) is 23.8 Å². The maximum absolute atomic E-state index is 12.1. The molecule has 134 valence electrons. The zero-order valence-corrected chi connectivity index (χ0v) is 15.4. The second-order valence-electron chi connectivity index (χ2n) is 5.35. The highest BCUT2D eigenvalue weighted by atomic mass is 32.1. The molecule has 2 rings (SSSR count). The van der Waals surface area contributed by atoms with Crippen LogP contribution in [-0.2, 0) is 25.5 Å². The van der Waals surface area contributed by atoms with Gasteiger partial charge in [-0.15, -0.1) is 11.3 Å². The Balaban J connectivity index is 1.93. The van der Waals surface area contributed by atoms with E-state index in [-0.39, 0.29) is 6.61 Å². The largest absolute Gasteiger partial charge is 0.451 e. The number of nitrogens with one attached hydrogen (secondary N) is 1. The fourth-order valence-corrected chi connectivity index (χ4v) is 2.77. The number of hydrogen-bond donors (Lipinski definition) is 1. The number of benzene rings is 1. The average Bonchev–Trinajstić information content (AvgIpc) is 3.08. The number of anilines is 1. The number of carbonyl (C=O) groups is 2. The maximum Gasteiger partial charge on any atom is 0.332 e. The smallest absolute Gasteiger partial charge is 0.332 e. The highest BCUT2D eigenvalue weighted by Gasteiger charge is 2.19. The van der Waals surface area contributed by atoms with Gasteiger partial charge in [0.2, 0.25) is 0 Å². The summed E-state index contributed by atoms with van der Waals surface area (Å²) in [6.07, 6.45) is 0.0719. The van der Waals surface area contributed by atoms with Gasteiger partial charge in [0.15, 0.2) is 11.2 Å². The highest BCUT2D eigenvalue weighted by Crippen LogP contribution is 2.25. The van der Waals surface area contributed by atoms with Crippen molar-refractivity contribution >= 4 is 28.3 Å². The van der Waals surface area contributed by atoms with E-state index in [0.717, 1.165) is 17.7 Å². The number of rotatable bonds is 8. The van der Waals surface area contributed by atoms with Gasteiger partial charge in [-0.1, -0.05) is 31.2 Å². The molecule has 1 aromatic carbocycles. The quantitative estimate of drug-likeness (QED) is 0.729. The standard InChI is InChI=1S/C18H22N2O4S/c1-4-13-6-8-14(9-7-13)15-11-25-18(19-15)20-17(22)12(3)24-16(21)10-23-5-2/h6-9,11-12H,4-5,10H2,1-3H3,(H,19,20,22)/t12-/m0/s1. The molecule has 1 amide bonds.